The Morgan fingerprint density at radius 2 is 2.17 bits per heavy atom. The quantitative estimate of drug-likeness (QED) is 0.774. The summed E-state index contributed by atoms with van der Waals surface area (Å²) in [5.41, 5.74) is 0.922. The molecule has 0 aliphatic heterocycles. The van der Waals surface area contributed by atoms with Crippen molar-refractivity contribution in [3.63, 3.8) is 0 Å². The van der Waals surface area contributed by atoms with Crippen LogP contribution in [-0.2, 0) is 11.3 Å². The molecule has 3 nitrogen and oxygen atoms in total. The maximum absolute atomic E-state index is 13.8. The van der Waals surface area contributed by atoms with E-state index in [1.54, 1.807) is 13.2 Å². The lowest BCUT2D eigenvalue weighted by Gasteiger charge is -2.15. The van der Waals surface area contributed by atoms with Gasteiger partial charge in [-0.2, -0.15) is 0 Å². The average Bonchev–Trinajstić information content (AvgIpc) is 2.36. The van der Waals surface area contributed by atoms with Crippen LogP contribution < -0.4 is 10.1 Å². The summed E-state index contributed by atoms with van der Waals surface area (Å²) < 4.78 is 24.3. The molecule has 0 saturated heterocycles. The van der Waals surface area contributed by atoms with Gasteiger partial charge in [-0.15, -0.1) is 0 Å². The van der Waals surface area contributed by atoms with Gasteiger partial charge in [0.15, 0.2) is 11.6 Å². The molecular weight excluding hydrogens is 233 g/mol. The minimum Gasteiger partial charge on any atom is -0.488 e. The number of benzene rings is 1. The highest BCUT2D eigenvalue weighted by Gasteiger charge is 2.09. The molecule has 18 heavy (non-hydrogen) atoms. The van der Waals surface area contributed by atoms with Gasteiger partial charge in [0.05, 0.1) is 6.10 Å². The highest BCUT2D eigenvalue weighted by atomic mass is 19.1. The first-order chi connectivity index (χ1) is 8.67. The number of halogens is 1. The van der Waals surface area contributed by atoms with Gasteiger partial charge in [-0.05, 0) is 31.2 Å². The van der Waals surface area contributed by atoms with Gasteiger partial charge in [0.25, 0.3) is 0 Å². The highest BCUT2D eigenvalue weighted by molar-refractivity contribution is 5.29. The number of ether oxygens (including phenoxy) is 2. The Bertz CT molecular complexity index is 358. The molecule has 0 saturated carbocycles. The van der Waals surface area contributed by atoms with Crippen molar-refractivity contribution in [2.75, 3.05) is 20.3 Å². The molecule has 0 aromatic heterocycles. The Labute approximate surface area is 108 Å². The molecule has 1 atom stereocenters. The largest absolute Gasteiger partial charge is 0.488 e. The summed E-state index contributed by atoms with van der Waals surface area (Å²) in [6.07, 6.45) is 0.689. The fraction of sp³-hybridized carbons (Fsp3) is 0.571. The molecule has 0 amide bonds. The monoisotopic (exact) mass is 255 g/mol. The van der Waals surface area contributed by atoms with E-state index in [0.717, 1.165) is 18.5 Å². The van der Waals surface area contributed by atoms with E-state index in [1.807, 2.05) is 19.9 Å². The van der Waals surface area contributed by atoms with Crippen LogP contribution in [0.4, 0.5) is 4.39 Å². The maximum Gasteiger partial charge on any atom is 0.165 e. The van der Waals surface area contributed by atoms with Gasteiger partial charge in [-0.1, -0.05) is 13.0 Å². The first kappa shape index (κ1) is 14.9. The van der Waals surface area contributed by atoms with Crippen LogP contribution in [0.15, 0.2) is 18.2 Å². The number of rotatable bonds is 8. The normalized spacial score (nSPS) is 12.4. The summed E-state index contributed by atoms with van der Waals surface area (Å²) in [5.74, 6) is -0.00600. The Hall–Kier alpha value is -1.13. The molecule has 1 N–H and O–H groups in total. The van der Waals surface area contributed by atoms with Crippen molar-refractivity contribution < 1.29 is 13.9 Å². The molecule has 0 fully saturated rings. The van der Waals surface area contributed by atoms with Gasteiger partial charge in [-0.3, -0.25) is 0 Å². The fourth-order valence-corrected chi connectivity index (χ4v) is 1.58. The lowest BCUT2D eigenvalue weighted by atomic mass is 10.2. The van der Waals surface area contributed by atoms with Crippen LogP contribution in [0, 0.1) is 5.82 Å². The number of hydrogen-bond acceptors (Lipinski definition) is 3. The summed E-state index contributed by atoms with van der Waals surface area (Å²) >= 11 is 0. The van der Waals surface area contributed by atoms with E-state index < -0.39 is 0 Å². The van der Waals surface area contributed by atoms with Crippen LogP contribution in [0.3, 0.4) is 0 Å². The van der Waals surface area contributed by atoms with Crippen molar-refractivity contribution >= 4 is 0 Å². The van der Waals surface area contributed by atoms with Crippen LogP contribution in [0.2, 0.25) is 0 Å². The Morgan fingerprint density at radius 3 is 2.78 bits per heavy atom. The summed E-state index contributed by atoms with van der Waals surface area (Å²) in [5, 5.41) is 3.16. The first-order valence-electron chi connectivity index (χ1n) is 6.32. The Kier molecular flexibility index (Phi) is 6.68. The summed E-state index contributed by atoms with van der Waals surface area (Å²) in [4.78, 5) is 0. The molecule has 4 heteroatoms. The zero-order valence-electron chi connectivity index (χ0n) is 11.3. The smallest absolute Gasteiger partial charge is 0.165 e. The molecule has 1 aromatic rings. The zero-order chi connectivity index (χ0) is 13.4. The third-order valence-corrected chi connectivity index (χ3v) is 2.63. The molecule has 0 aliphatic carbocycles. The van der Waals surface area contributed by atoms with Gasteiger partial charge < -0.3 is 14.8 Å². The Morgan fingerprint density at radius 1 is 1.39 bits per heavy atom. The Balaban J connectivity index is 2.56. The summed E-state index contributed by atoms with van der Waals surface area (Å²) in [6.45, 7) is 6.08. The number of methoxy groups -OCH3 is 1. The van der Waals surface area contributed by atoms with E-state index in [0.29, 0.717) is 18.9 Å². The van der Waals surface area contributed by atoms with E-state index in [4.69, 9.17) is 9.47 Å². The molecule has 1 unspecified atom stereocenters. The molecule has 1 rings (SSSR count). The van der Waals surface area contributed by atoms with E-state index >= 15 is 0 Å². The van der Waals surface area contributed by atoms with E-state index in [-0.39, 0.29) is 11.9 Å². The maximum atomic E-state index is 13.8. The van der Waals surface area contributed by atoms with Crippen LogP contribution in [0.1, 0.15) is 25.8 Å². The molecular formula is C14H22FNO2. The fourth-order valence-electron chi connectivity index (χ4n) is 1.58. The van der Waals surface area contributed by atoms with Gasteiger partial charge in [-0.25, -0.2) is 4.39 Å². The topological polar surface area (TPSA) is 30.5 Å². The SMILES string of the molecule is CCNCc1ccc(OC(C)CCOC)c(F)c1. The van der Waals surface area contributed by atoms with Crippen molar-refractivity contribution in [3.05, 3.63) is 29.6 Å². The van der Waals surface area contributed by atoms with Gasteiger partial charge in [0.1, 0.15) is 0 Å². The third kappa shape index (κ3) is 5.02. The van der Waals surface area contributed by atoms with E-state index in [1.165, 1.54) is 6.07 Å². The molecule has 0 aliphatic rings. The van der Waals surface area contributed by atoms with Crippen molar-refractivity contribution in [1.82, 2.24) is 5.32 Å². The predicted molar refractivity (Wildman–Crippen MR) is 70.4 cm³/mol. The predicted octanol–water partition coefficient (Wildman–Crippen LogP) is 2.74. The number of nitrogens with one attached hydrogen (secondary N) is 1. The lowest BCUT2D eigenvalue weighted by molar-refractivity contribution is 0.132. The minimum atomic E-state index is -0.310. The molecule has 0 heterocycles. The second-order valence-electron chi connectivity index (χ2n) is 4.26. The average molecular weight is 255 g/mol. The molecule has 0 bridgehead atoms. The van der Waals surface area contributed by atoms with Crippen LogP contribution in [0.25, 0.3) is 0 Å². The van der Waals surface area contributed by atoms with Crippen LogP contribution >= 0.6 is 0 Å². The van der Waals surface area contributed by atoms with Crippen molar-refractivity contribution in [3.8, 4) is 5.75 Å². The van der Waals surface area contributed by atoms with Gasteiger partial charge in [0, 0.05) is 26.7 Å². The lowest BCUT2D eigenvalue weighted by Crippen LogP contribution is -2.15. The summed E-state index contributed by atoms with van der Waals surface area (Å²) in [7, 11) is 1.64. The molecule has 0 spiro atoms. The highest BCUT2D eigenvalue weighted by Crippen LogP contribution is 2.20. The van der Waals surface area contributed by atoms with E-state index in [2.05, 4.69) is 5.32 Å². The van der Waals surface area contributed by atoms with Crippen molar-refractivity contribution in [2.24, 2.45) is 0 Å². The van der Waals surface area contributed by atoms with Gasteiger partial charge in [0.2, 0.25) is 0 Å². The minimum absolute atomic E-state index is 0.0564. The first-order valence-corrected chi connectivity index (χ1v) is 6.32. The standard InChI is InChI=1S/C14H22FNO2/c1-4-16-10-12-5-6-14(13(15)9-12)18-11(2)7-8-17-3/h5-6,9,11,16H,4,7-8,10H2,1-3H3. The van der Waals surface area contributed by atoms with Crippen LogP contribution in [-0.4, -0.2) is 26.4 Å². The molecule has 0 radical (unpaired) electrons. The molecule has 1 aromatic carbocycles. The number of hydrogen-bond donors (Lipinski definition) is 1. The van der Waals surface area contributed by atoms with Gasteiger partial charge >= 0.3 is 0 Å². The third-order valence-electron chi connectivity index (χ3n) is 2.63. The van der Waals surface area contributed by atoms with Crippen LogP contribution in [0.5, 0.6) is 5.75 Å². The van der Waals surface area contributed by atoms with Crippen molar-refractivity contribution in [2.45, 2.75) is 32.9 Å². The second kappa shape index (κ2) is 8.06. The summed E-state index contributed by atoms with van der Waals surface area (Å²) in [6, 6.07) is 5.08. The zero-order valence-corrected chi connectivity index (χ0v) is 11.3. The van der Waals surface area contributed by atoms with E-state index in [9.17, 15) is 4.39 Å². The van der Waals surface area contributed by atoms with Crippen molar-refractivity contribution in [1.29, 1.82) is 0 Å². The second-order valence-corrected chi connectivity index (χ2v) is 4.26. The molecule has 102 valence electrons.